The van der Waals surface area contributed by atoms with Crippen LogP contribution in [0.15, 0.2) is 50.6 Å². The van der Waals surface area contributed by atoms with Gasteiger partial charge in [-0.15, -0.1) is 0 Å². The van der Waals surface area contributed by atoms with Gasteiger partial charge in [0.05, 0.1) is 32.7 Å². The van der Waals surface area contributed by atoms with Crippen LogP contribution in [0.25, 0.3) is 0 Å². The molecule has 0 heterocycles. The van der Waals surface area contributed by atoms with Crippen molar-refractivity contribution >= 4 is 21.8 Å². The summed E-state index contributed by atoms with van der Waals surface area (Å²) in [5.74, 6) is 1.29. The molecule has 0 bridgehead atoms. The van der Waals surface area contributed by atoms with Crippen molar-refractivity contribution in [3.05, 3.63) is 47.5 Å². The molecule has 0 saturated carbocycles. The summed E-state index contributed by atoms with van der Waals surface area (Å²) >= 11 is 0. The standard InChI is InChI=1S/C21H26N4O2S/c1-6-25(4)15-23-20-12-17(3)21(13-16(20)2)27-18-8-7-9-19(14-18)28(5,26)24-11-10-22/h7-9,12-15H,6,11H2,1-5H3/b23-15-. The number of nitriles is 1. The molecule has 148 valence electrons. The van der Waals surface area contributed by atoms with Gasteiger partial charge in [0.1, 0.15) is 18.0 Å². The lowest BCUT2D eigenvalue weighted by atomic mass is 10.1. The Morgan fingerprint density at radius 1 is 1.25 bits per heavy atom. The molecule has 0 amide bonds. The fourth-order valence-corrected chi connectivity index (χ4v) is 3.51. The number of hydrogen-bond acceptors (Lipinski definition) is 5. The van der Waals surface area contributed by atoms with E-state index in [1.807, 2.05) is 50.3 Å². The number of ether oxygens (including phenoxy) is 1. The highest BCUT2D eigenvalue weighted by atomic mass is 32.2. The van der Waals surface area contributed by atoms with Gasteiger partial charge in [-0.25, -0.2) is 13.6 Å². The number of rotatable bonds is 7. The summed E-state index contributed by atoms with van der Waals surface area (Å²) in [5.41, 5.74) is 2.85. The molecule has 0 N–H and O–H groups in total. The molecule has 1 unspecified atom stereocenters. The summed E-state index contributed by atoms with van der Waals surface area (Å²) in [6.45, 7) is 6.80. The number of aliphatic imine (C=N–C) groups is 1. The molecule has 0 saturated heterocycles. The Hall–Kier alpha value is -2.85. The van der Waals surface area contributed by atoms with Gasteiger partial charge in [-0.05, 0) is 62.2 Å². The monoisotopic (exact) mass is 398 g/mol. The Labute approximate surface area is 167 Å². The fraction of sp³-hybridized carbons (Fsp3) is 0.333. The number of aryl methyl sites for hydroxylation is 2. The highest BCUT2D eigenvalue weighted by Crippen LogP contribution is 2.32. The van der Waals surface area contributed by atoms with Crippen molar-refractivity contribution in [3.8, 4) is 17.6 Å². The molecule has 0 aliphatic heterocycles. The van der Waals surface area contributed by atoms with Gasteiger partial charge < -0.3 is 9.64 Å². The Kier molecular flexibility index (Phi) is 7.18. The van der Waals surface area contributed by atoms with Gasteiger partial charge in [0.15, 0.2) is 0 Å². The fourth-order valence-electron chi connectivity index (χ4n) is 2.39. The average Bonchev–Trinajstić information content (AvgIpc) is 2.67. The third-order valence-corrected chi connectivity index (χ3v) is 5.99. The highest BCUT2D eigenvalue weighted by Gasteiger charge is 2.10. The molecule has 0 fully saturated rings. The van der Waals surface area contributed by atoms with Crippen molar-refractivity contribution in [1.29, 1.82) is 5.26 Å². The summed E-state index contributed by atoms with van der Waals surface area (Å²) in [4.78, 5) is 7.07. The van der Waals surface area contributed by atoms with Crippen molar-refractivity contribution in [3.63, 3.8) is 0 Å². The molecule has 28 heavy (non-hydrogen) atoms. The van der Waals surface area contributed by atoms with Crippen LogP contribution in [0, 0.1) is 25.2 Å². The first-order chi connectivity index (χ1) is 13.3. The molecular weight excluding hydrogens is 372 g/mol. The third kappa shape index (κ3) is 5.57. The van der Waals surface area contributed by atoms with Crippen LogP contribution in [0.1, 0.15) is 18.1 Å². The summed E-state index contributed by atoms with van der Waals surface area (Å²) in [6.07, 6.45) is 3.34. The zero-order valence-corrected chi connectivity index (χ0v) is 17.8. The summed E-state index contributed by atoms with van der Waals surface area (Å²) in [7, 11) is -0.655. The molecule has 0 aliphatic rings. The van der Waals surface area contributed by atoms with Gasteiger partial charge in [-0.3, -0.25) is 0 Å². The molecule has 2 rings (SSSR count). The van der Waals surface area contributed by atoms with Crippen molar-refractivity contribution < 1.29 is 8.95 Å². The Bertz CT molecular complexity index is 1030. The first-order valence-electron chi connectivity index (χ1n) is 8.95. The molecule has 0 aromatic heterocycles. The molecule has 0 spiro atoms. The van der Waals surface area contributed by atoms with Crippen LogP contribution >= 0.6 is 0 Å². The van der Waals surface area contributed by atoms with Crippen LogP contribution in [0.3, 0.4) is 0 Å². The predicted octanol–water partition coefficient (Wildman–Crippen LogP) is 4.69. The largest absolute Gasteiger partial charge is 0.457 e. The molecule has 6 nitrogen and oxygen atoms in total. The van der Waals surface area contributed by atoms with Crippen LogP contribution in [0.4, 0.5) is 5.69 Å². The SMILES string of the molecule is CCN(C)/C=N\c1cc(C)c(Oc2cccc(S(C)(=O)=NCC#N)c2)cc1C. The molecule has 2 aromatic carbocycles. The van der Waals surface area contributed by atoms with Crippen LogP contribution in [-0.4, -0.2) is 41.8 Å². The Morgan fingerprint density at radius 2 is 2.00 bits per heavy atom. The lowest BCUT2D eigenvalue weighted by Gasteiger charge is -2.13. The Balaban J connectivity index is 2.31. The van der Waals surface area contributed by atoms with Crippen molar-refractivity contribution in [2.24, 2.45) is 9.36 Å². The maximum absolute atomic E-state index is 12.7. The van der Waals surface area contributed by atoms with E-state index in [4.69, 9.17) is 10.00 Å². The average molecular weight is 399 g/mol. The van der Waals surface area contributed by atoms with Crippen LogP contribution in [0.2, 0.25) is 0 Å². The lowest BCUT2D eigenvalue weighted by molar-refractivity contribution is 0.477. The van der Waals surface area contributed by atoms with Gasteiger partial charge in [-0.2, -0.15) is 5.26 Å². The Morgan fingerprint density at radius 3 is 2.68 bits per heavy atom. The van der Waals surface area contributed by atoms with Crippen LogP contribution < -0.4 is 4.74 Å². The van der Waals surface area contributed by atoms with Gasteiger partial charge in [0.2, 0.25) is 0 Å². The first-order valence-corrected chi connectivity index (χ1v) is 10.9. The van der Waals surface area contributed by atoms with Gasteiger partial charge in [0.25, 0.3) is 0 Å². The van der Waals surface area contributed by atoms with E-state index in [1.165, 1.54) is 6.26 Å². The summed E-state index contributed by atoms with van der Waals surface area (Å²) in [6, 6.07) is 12.9. The van der Waals surface area contributed by atoms with Crippen LogP contribution in [0.5, 0.6) is 11.5 Å². The molecule has 7 heteroatoms. The zero-order valence-electron chi connectivity index (χ0n) is 17.0. The minimum Gasteiger partial charge on any atom is -0.457 e. The van der Waals surface area contributed by atoms with Gasteiger partial charge in [-0.1, -0.05) is 6.07 Å². The first kappa shape index (κ1) is 21.5. The van der Waals surface area contributed by atoms with E-state index >= 15 is 0 Å². The molecule has 2 aromatic rings. The van der Waals surface area contributed by atoms with Crippen molar-refractivity contribution in [2.45, 2.75) is 25.7 Å². The topological polar surface area (TPSA) is 78.0 Å². The van der Waals surface area contributed by atoms with E-state index < -0.39 is 9.73 Å². The lowest BCUT2D eigenvalue weighted by Crippen LogP contribution is -2.14. The smallest absolute Gasteiger partial charge is 0.135 e. The molecule has 0 aliphatic carbocycles. The normalized spacial score (nSPS) is 13.0. The minimum absolute atomic E-state index is 0.103. The predicted molar refractivity (Wildman–Crippen MR) is 114 cm³/mol. The third-order valence-electron chi connectivity index (χ3n) is 4.24. The van der Waals surface area contributed by atoms with Crippen molar-refractivity contribution in [1.82, 2.24) is 4.90 Å². The quantitative estimate of drug-likeness (QED) is 0.385. The second-order valence-electron chi connectivity index (χ2n) is 6.55. The van der Waals surface area contributed by atoms with E-state index in [2.05, 4.69) is 16.3 Å². The van der Waals surface area contributed by atoms with Gasteiger partial charge in [0, 0.05) is 19.8 Å². The second-order valence-corrected chi connectivity index (χ2v) is 8.88. The molecule has 0 radical (unpaired) electrons. The molecular formula is C21H26N4O2S. The highest BCUT2D eigenvalue weighted by molar-refractivity contribution is 7.93. The van der Waals surface area contributed by atoms with E-state index in [0.717, 1.165) is 23.4 Å². The van der Waals surface area contributed by atoms with E-state index in [-0.39, 0.29) is 6.54 Å². The maximum Gasteiger partial charge on any atom is 0.135 e. The van der Waals surface area contributed by atoms with E-state index in [1.54, 1.807) is 24.3 Å². The summed E-state index contributed by atoms with van der Waals surface area (Å²) in [5, 5.41) is 8.68. The maximum atomic E-state index is 12.7. The number of hydrogen-bond donors (Lipinski definition) is 0. The number of benzene rings is 2. The zero-order chi connectivity index (χ0) is 20.7. The minimum atomic E-state index is -2.63. The summed E-state index contributed by atoms with van der Waals surface area (Å²) < 4.78 is 22.7. The number of nitrogens with zero attached hydrogens (tertiary/aromatic N) is 4. The van der Waals surface area contributed by atoms with Crippen LogP contribution in [-0.2, 0) is 9.73 Å². The molecule has 1 atom stereocenters. The van der Waals surface area contributed by atoms with E-state index in [9.17, 15) is 4.21 Å². The van der Waals surface area contributed by atoms with E-state index in [0.29, 0.717) is 16.4 Å². The second kappa shape index (κ2) is 9.38. The van der Waals surface area contributed by atoms with Gasteiger partial charge >= 0.3 is 0 Å². The van der Waals surface area contributed by atoms with Crippen molar-refractivity contribution in [2.75, 3.05) is 26.4 Å².